The molecule has 2 aromatic rings. The van der Waals surface area contributed by atoms with Gasteiger partial charge >= 0.3 is 0 Å². The molecule has 150 valence electrons. The van der Waals surface area contributed by atoms with Crippen LogP contribution in [0.3, 0.4) is 0 Å². The van der Waals surface area contributed by atoms with Gasteiger partial charge in [0.25, 0.3) is 11.8 Å². The van der Waals surface area contributed by atoms with Crippen molar-refractivity contribution in [2.24, 2.45) is 0 Å². The number of nitrogens with zero attached hydrogens (tertiary/aromatic N) is 2. The molecule has 6 nitrogen and oxygen atoms in total. The van der Waals surface area contributed by atoms with Gasteiger partial charge in [0, 0.05) is 31.4 Å². The third-order valence-corrected chi connectivity index (χ3v) is 4.37. The number of carbonyl (C=O) groups excluding carboxylic acids is 2. The monoisotopic (exact) mass is 383 g/mol. The van der Waals surface area contributed by atoms with Crippen molar-refractivity contribution in [3.63, 3.8) is 0 Å². The third-order valence-electron chi connectivity index (χ3n) is 4.37. The lowest BCUT2D eigenvalue weighted by Gasteiger charge is -2.21. The number of hydrogen-bond acceptors (Lipinski definition) is 4. The number of pyridine rings is 1. The average Bonchev–Trinajstić information content (AvgIpc) is 2.73. The average molecular weight is 383 g/mol. The largest absolute Gasteiger partial charge is 0.497 e. The quantitative estimate of drug-likeness (QED) is 0.683. The summed E-state index contributed by atoms with van der Waals surface area (Å²) in [6.07, 6.45) is 4.00. The highest BCUT2D eigenvalue weighted by molar-refractivity contribution is 5.98. The Morgan fingerprint density at radius 3 is 2.36 bits per heavy atom. The molecule has 0 saturated carbocycles. The molecular formula is C22H29N3O3. The van der Waals surface area contributed by atoms with Crippen LogP contribution in [-0.2, 0) is 6.42 Å². The van der Waals surface area contributed by atoms with E-state index < -0.39 is 0 Å². The molecule has 0 bridgehead atoms. The second kappa shape index (κ2) is 11.1. The topological polar surface area (TPSA) is 71.5 Å². The van der Waals surface area contributed by atoms with Crippen molar-refractivity contribution in [2.75, 3.05) is 26.7 Å². The van der Waals surface area contributed by atoms with Gasteiger partial charge in [0.2, 0.25) is 0 Å². The molecule has 28 heavy (non-hydrogen) atoms. The normalized spacial score (nSPS) is 10.4. The molecule has 1 aromatic heterocycles. The van der Waals surface area contributed by atoms with E-state index in [0.29, 0.717) is 37.3 Å². The van der Waals surface area contributed by atoms with E-state index in [1.165, 1.54) is 6.20 Å². The standard InChI is InChI=1S/C22H29N3O3/c1-4-14-25(15-5-2)22(27)20-16-18(11-13-23-20)21(26)24-12-10-17-6-8-19(28-3)9-7-17/h6-9,11,13,16H,4-5,10,12,14-15H2,1-3H3,(H,24,26). The van der Waals surface area contributed by atoms with Gasteiger partial charge in [-0.05, 0) is 49.1 Å². The number of ether oxygens (including phenoxy) is 1. The van der Waals surface area contributed by atoms with Crippen molar-refractivity contribution in [3.05, 3.63) is 59.4 Å². The number of carbonyl (C=O) groups is 2. The summed E-state index contributed by atoms with van der Waals surface area (Å²) in [6.45, 7) is 5.96. The van der Waals surface area contributed by atoms with E-state index in [2.05, 4.69) is 10.3 Å². The lowest BCUT2D eigenvalue weighted by atomic mass is 10.1. The minimum absolute atomic E-state index is 0.128. The van der Waals surface area contributed by atoms with Gasteiger partial charge < -0.3 is 15.0 Å². The highest BCUT2D eigenvalue weighted by atomic mass is 16.5. The molecule has 0 spiro atoms. The smallest absolute Gasteiger partial charge is 0.272 e. The first-order valence-corrected chi connectivity index (χ1v) is 9.75. The van der Waals surface area contributed by atoms with Crippen molar-refractivity contribution < 1.29 is 14.3 Å². The SMILES string of the molecule is CCCN(CCC)C(=O)c1cc(C(=O)NCCc2ccc(OC)cc2)ccn1. The number of aromatic nitrogens is 1. The van der Waals surface area contributed by atoms with E-state index in [-0.39, 0.29) is 11.8 Å². The lowest BCUT2D eigenvalue weighted by Crippen LogP contribution is -2.33. The van der Waals surface area contributed by atoms with Crippen LogP contribution < -0.4 is 10.1 Å². The first-order valence-electron chi connectivity index (χ1n) is 9.75. The molecule has 0 aliphatic heterocycles. The summed E-state index contributed by atoms with van der Waals surface area (Å²) in [6, 6.07) is 11.0. The predicted octanol–water partition coefficient (Wildman–Crippen LogP) is 3.32. The van der Waals surface area contributed by atoms with Crippen molar-refractivity contribution >= 4 is 11.8 Å². The van der Waals surface area contributed by atoms with E-state index in [1.54, 1.807) is 24.1 Å². The molecule has 1 N–H and O–H groups in total. The molecule has 0 radical (unpaired) electrons. The van der Waals surface area contributed by atoms with E-state index in [9.17, 15) is 9.59 Å². The van der Waals surface area contributed by atoms with Crippen LogP contribution in [0.4, 0.5) is 0 Å². The Morgan fingerprint density at radius 1 is 1.07 bits per heavy atom. The minimum Gasteiger partial charge on any atom is -0.497 e. The van der Waals surface area contributed by atoms with Gasteiger partial charge in [-0.1, -0.05) is 26.0 Å². The summed E-state index contributed by atoms with van der Waals surface area (Å²) in [4.78, 5) is 31.1. The van der Waals surface area contributed by atoms with Gasteiger partial charge in [-0.3, -0.25) is 14.6 Å². The molecule has 0 aliphatic rings. The Kier molecular flexibility index (Phi) is 8.46. The second-order valence-electron chi connectivity index (χ2n) is 6.58. The van der Waals surface area contributed by atoms with Crippen LogP contribution in [0, 0.1) is 0 Å². The Bertz CT molecular complexity index is 769. The van der Waals surface area contributed by atoms with Crippen molar-refractivity contribution in [1.29, 1.82) is 0 Å². The van der Waals surface area contributed by atoms with Crippen molar-refractivity contribution in [1.82, 2.24) is 15.2 Å². The van der Waals surface area contributed by atoms with E-state index in [0.717, 1.165) is 24.2 Å². The maximum atomic E-state index is 12.7. The fraction of sp³-hybridized carbons (Fsp3) is 0.409. The summed E-state index contributed by atoms with van der Waals surface area (Å²) in [5.74, 6) is 0.473. The molecular weight excluding hydrogens is 354 g/mol. The molecule has 0 atom stereocenters. The first-order chi connectivity index (χ1) is 13.6. The van der Waals surface area contributed by atoms with Gasteiger partial charge in [0.1, 0.15) is 11.4 Å². The molecule has 0 fully saturated rings. The van der Waals surface area contributed by atoms with E-state index >= 15 is 0 Å². The van der Waals surface area contributed by atoms with Gasteiger partial charge in [-0.15, -0.1) is 0 Å². The van der Waals surface area contributed by atoms with Crippen LogP contribution in [0.25, 0.3) is 0 Å². The number of nitrogens with one attached hydrogen (secondary N) is 1. The highest BCUT2D eigenvalue weighted by Crippen LogP contribution is 2.11. The number of methoxy groups -OCH3 is 1. The minimum atomic E-state index is -0.206. The number of hydrogen-bond donors (Lipinski definition) is 1. The maximum absolute atomic E-state index is 12.7. The van der Waals surface area contributed by atoms with Gasteiger partial charge in [-0.2, -0.15) is 0 Å². The van der Waals surface area contributed by atoms with Gasteiger partial charge in [-0.25, -0.2) is 0 Å². The Balaban J connectivity index is 1.95. The number of benzene rings is 1. The molecule has 1 aromatic carbocycles. The van der Waals surface area contributed by atoms with E-state index in [4.69, 9.17) is 4.74 Å². The van der Waals surface area contributed by atoms with Crippen LogP contribution in [0.2, 0.25) is 0 Å². The molecule has 0 unspecified atom stereocenters. The first kappa shape index (κ1) is 21.4. The summed E-state index contributed by atoms with van der Waals surface area (Å²) < 4.78 is 5.14. The van der Waals surface area contributed by atoms with Crippen molar-refractivity contribution in [3.8, 4) is 5.75 Å². The Hall–Kier alpha value is -2.89. The summed E-state index contributed by atoms with van der Waals surface area (Å²) in [7, 11) is 1.63. The lowest BCUT2D eigenvalue weighted by molar-refractivity contribution is 0.0749. The third kappa shape index (κ3) is 6.08. The van der Waals surface area contributed by atoms with Crippen LogP contribution in [0.5, 0.6) is 5.75 Å². The second-order valence-corrected chi connectivity index (χ2v) is 6.58. The highest BCUT2D eigenvalue weighted by Gasteiger charge is 2.17. The summed E-state index contributed by atoms with van der Waals surface area (Å²) >= 11 is 0. The van der Waals surface area contributed by atoms with Crippen LogP contribution in [0.1, 0.15) is 53.1 Å². The fourth-order valence-electron chi connectivity index (χ4n) is 2.92. The molecule has 6 heteroatoms. The molecule has 0 saturated heterocycles. The van der Waals surface area contributed by atoms with Gasteiger partial charge in [0.05, 0.1) is 7.11 Å². The van der Waals surface area contributed by atoms with Crippen molar-refractivity contribution in [2.45, 2.75) is 33.1 Å². The zero-order valence-corrected chi connectivity index (χ0v) is 16.9. The number of amides is 2. The van der Waals surface area contributed by atoms with Gasteiger partial charge in [0.15, 0.2) is 0 Å². The number of rotatable bonds is 10. The predicted molar refractivity (Wildman–Crippen MR) is 110 cm³/mol. The Morgan fingerprint density at radius 2 is 1.75 bits per heavy atom. The molecule has 2 rings (SSSR count). The zero-order chi connectivity index (χ0) is 20.4. The maximum Gasteiger partial charge on any atom is 0.272 e. The molecule has 0 aliphatic carbocycles. The van der Waals surface area contributed by atoms with Crippen LogP contribution in [0.15, 0.2) is 42.6 Å². The molecule has 2 amide bonds. The van der Waals surface area contributed by atoms with Crippen LogP contribution >= 0.6 is 0 Å². The summed E-state index contributed by atoms with van der Waals surface area (Å²) in [5.41, 5.74) is 1.87. The molecule has 1 heterocycles. The van der Waals surface area contributed by atoms with Crippen LogP contribution in [-0.4, -0.2) is 48.4 Å². The Labute approximate surface area is 166 Å². The summed E-state index contributed by atoms with van der Waals surface area (Å²) in [5, 5.41) is 2.90. The zero-order valence-electron chi connectivity index (χ0n) is 16.9. The van der Waals surface area contributed by atoms with E-state index in [1.807, 2.05) is 38.1 Å². The fourth-order valence-corrected chi connectivity index (χ4v) is 2.92.